The molecule has 0 aliphatic carbocycles. The van der Waals surface area contributed by atoms with Crippen LogP contribution in [0.25, 0.3) is 0 Å². The van der Waals surface area contributed by atoms with E-state index in [9.17, 15) is 22.8 Å². The van der Waals surface area contributed by atoms with Crippen molar-refractivity contribution in [2.75, 3.05) is 11.9 Å². The summed E-state index contributed by atoms with van der Waals surface area (Å²) in [5.41, 5.74) is 0. The van der Waals surface area contributed by atoms with Crippen molar-refractivity contribution in [2.45, 2.75) is 38.9 Å². The molecule has 1 N–H and O–H groups in total. The summed E-state index contributed by atoms with van der Waals surface area (Å²) < 4.78 is 38.6. The Morgan fingerprint density at radius 1 is 1.35 bits per heavy atom. The Labute approximate surface area is 130 Å². The van der Waals surface area contributed by atoms with Gasteiger partial charge in [-0.15, -0.1) is 5.10 Å². The minimum absolute atomic E-state index is 0.132. The molecule has 1 aliphatic heterocycles. The number of likely N-dealkylation sites (tertiary alicyclic amines) is 1. The van der Waals surface area contributed by atoms with Crippen molar-refractivity contribution < 1.29 is 22.8 Å². The topological polar surface area (TPSA) is 80.1 Å². The third kappa shape index (κ3) is 3.62. The van der Waals surface area contributed by atoms with E-state index >= 15 is 0 Å². The number of nitrogens with zero attached hydrogens (tertiary/aromatic N) is 4. The van der Waals surface area contributed by atoms with E-state index in [4.69, 9.17) is 0 Å². The third-order valence-electron chi connectivity index (χ3n) is 3.60. The largest absolute Gasteiger partial charge is 0.453 e. The number of carbonyl (C=O) groups excluding carboxylic acids is 2. The fraction of sp³-hybridized carbons (Fsp3) is 0.692. The lowest BCUT2D eigenvalue weighted by Gasteiger charge is -2.29. The van der Waals surface area contributed by atoms with Crippen LogP contribution in [0.3, 0.4) is 0 Å². The summed E-state index contributed by atoms with van der Waals surface area (Å²) in [6, 6.07) is -0.754. The summed E-state index contributed by atoms with van der Waals surface area (Å²) in [7, 11) is 1.25. The zero-order valence-corrected chi connectivity index (χ0v) is 13.0. The van der Waals surface area contributed by atoms with Crippen molar-refractivity contribution in [3.63, 3.8) is 0 Å². The van der Waals surface area contributed by atoms with Crippen molar-refractivity contribution in [2.24, 2.45) is 13.0 Å². The van der Waals surface area contributed by atoms with Crippen LogP contribution in [0.4, 0.5) is 19.1 Å². The molecule has 128 valence electrons. The molecule has 1 atom stereocenters. The van der Waals surface area contributed by atoms with Gasteiger partial charge in [0, 0.05) is 20.0 Å². The standard InChI is InChI=1S/C13H18F3N5O2/c1-7(2)9(21-6-4-5-8(21)22)10(23)17-12-18-11(13(14,15)16)19-20(12)3/h7,9H,4-6H2,1-3H3,(H,17,18,19,23)/t9-/m1/s1. The van der Waals surface area contributed by atoms with Crippen LogP contribution in [0, 0.1) is 5.92 Å². The van der Waals surface area contributed by atoms with Gasteiger partial charge in [0.15, 0.2) is 0 Å². The van der Waals surface area contributed by atoms with E-state index in [1.54, 1.807) is 13.8 Å². The van der Waals surface area contributed by atoms with Crippen LogP contribution in [0.15, 0.2) is 0 Å². The fourth-order valence-corrected chi connectivity index (χ4v) is 2.56. The number of hydrogen-bond acceptors (Lipinski definition) is 4. The number of anilines is 1. The van der Waals surface area contributed by atoms with Crippen molar-refractivity contribution in [3.05, 3.63) is 5.82 Å². The van der Waals surface area contributed by atoms with Crippen LogP contribution in [0.1, 0.15) is 32.5 Å². The molecule has 7 nitrogen and oxygen atoms in total. The highest BCUT2D eigenvalue weighted by atomic mass is 19.4. The number of carbonyl (C=O) groups is 2. The molecule has 1 aliphatic rings. The Kier molecular flexibility index (Phi) is 4.62. The Bertz CT molecular complexity index is 611. The third-order valence-corrected chi connectivity index (χ3v) is 3.60. The van der Waals surface area contributed by atoms with Crippen molar-refractivity contribution in [1.82, 2.24) is 19.7 Å². The molecule has 1 fully saturated rings. The predicted molar refractivity (Wildman–Crippen MR) is 74.2 cm³/mol. The lowest BCUT2D eigenvalue weighted by molar-refractivity contribution is -0.145. The zero-order valence-electron chi connectivity index (χ0n) is 13.0. The summed E-state index contributed by atoms with van der Waals surface area (Å²) in [4.78, 5) is 29.0. The number of aryl methyl sites for hydroxylation is 1. The molecule has 0 spiro atoms. The van der Waals surface area contributed by atoms with Gasteiger partial charge in [-0.25, -0.2) is 4.68 Å². The normalized spacial score (nSPS) is 17.0. The van der Waals surface area contributed by atoms with Crippen LogP contribution in [0.2, 0.25) is 0 Å². The molecule has 2 amide bonds. The van der Waals surface area contributed by atoms with Crippen LogP contribution < -0.4 is 5.32 Å². The highest BCUT2D eigenvalue weighted by molar-refractivity contribution is 5.96. The molecule has 1 aromatic rings. The van der Waals surface area contributed by atoms with Gasteiger partial charge in [0.1, 0.15) is 6.04 Å². The smallest absolute Gasteiger partial charge is 0.330 e. The van der Waals surface area contributed by atoms with Crippen molar-refractivity contribution in [1.29, 1.82) is 0 Å². The zero-order chi connectivity index (χ0) is 17.4. The van der Waals surface area contributed by atoms with Crippen LogP contribution in [0.5, 0.6) is 0 Å². The average Bonchev–Trinajstić information content (AvgIpc) is 2.97. The maximum Gasteiger partial charge on any atom is 0.453 e. The number of amides is 2. The molecule has 2 rings (SSSR count). The molecule has 0 saturated carbocycles. The summed E-state index contributed by atoms with van der Waals surface area (Å²) in [6.45, 7) is 4.00. The first kappa shape index (κ1) is 17.2. The lowest BCUT2D eigenvalue weighted by atomic mass is 10.0. The predicted octanol–water partition coefficient (Wildman–Crippen LogP) is 1.42. The number of hydrogen-bond donors (Lipinski definition) is 1. The lowest BCUT2D eigenvalue weighted by Crippen LogP contribution is -2.48. The molecule has 0 radical (unpaired) electrons. The first-order valence-electron chi connectivity index (χ1n) is 7.20. The molecule has 0 aromatic carbocycles. The average molecular weight is 333 g/mol. The summed E-state index contributed by atoms with van der Waals surface area (Å²) >= 11 is 0. The van der Waals surface area contributed by atoms with Crippen molar-refractivity contribution in [3.8, 4) is 0 Å². The second-order valence-corrected chi connectivity index (χ2v) is 5.75. The number of rotatable bonds is 4. The minimum Gasteiger partial charge on any atom is -0.330 e. The Morgan fingerprint density at radius 3 is 2.43 bits per heavy atom. The second kappa shape index (κ2) is 6.17. The molecule has 1 saturated heterocycles. The van der Waals surface area contributed by atoms with Crippen LogP contribution in [-0.4, -0.2) is 44.1 Å². The molecule has 23 heavy (non-hydrogen) atoms. The monoisotopic (exact) mass is 333 g/mol. The van der Waals surface area contributed by atoms with E-state index < -0.39 is 23.9 Å². The maximum absolute atomic E-state index is 12.6. The molecular formula is C13H18F3N5O2. The van der Waals surface area contributed by atoms with Gasteiger partial charge in [0.2, 0.25) is 17.8 Å². The molecule has 2 heterocycles. The van der Waals surface area contributed by atoms with Gasteiger partial charge in [-0.05, 0) is 12.3 Å². The number of aromatic nitrogens is 3. The van der Waals surface area contributed by atoms with Gasteiger partial charge in [-0.1, -0.05) is 13.8 Å². The fourth-order valence-electron chi connectivity index (χ4n) is 2.56. The van der Waals surface area contributed by atoms with E-state index in [0.717, 1.165) is 4.68 Å². The highest BCUT2D eigenvalue weighted by Gasteiger charge is 2.38. The highest BCUT2D eigenvalue weighted by Crippen LogP contribution is 2.27. The Hall–Kier alpha value is -2.13. The first-order valence-corrected chi connectivity index (χ1v) is 7.20. The first-order chi connectivity index (χ1) is 10.6. The van der Waals surface area contributed by atoms with Gasteiger partial charge in [0.25, 0.3) is 5.82 Å². The number of alkyl halides is 3. The summed E-state index contributed by atoms with van der Waals surface area (Å²) in [6.07, 6.45) is -3.65. The molecule has 1 aromatic heterocycles. The van der Waals surface area contributed by atoms with E-state index in [2.05, 4.69) is 15.4 Å². The van der Waals surface area contributed by atoms with Gasteiger partial charge < -0.3 is 4.90 Å². The number of halogens is 3. The number of nitrogens with one attached hydrogen (secondary N) is 1. The van der Waals surface area contributed by atoms with E-state index in [1.165, 1.54) is 11.9 Å². The Balaban J connectivity index is 2.19. The SMILES string of the molecule is CC(C)[C@H](C(=O)Nc1nc(C(F)(F)F)nn1C)N1CCCC1=O. The van der Waals surface area contributed by atoms with Gasteiger partial charge in [0.05, 0.1) is 0 Å². The van der Waals surface area contributed by atoms with Crippen LogP contribution in [-0.2, 0) is 22.8 Å². The van der Waals surface area contributed by atoms with E-state index in [1.807, 2.05) is 0 Å². The molecular weight excluding hydrogens is 315 g/mol. The minimum atomic E-state index is -4.69. The van der Waals surface area contributed by atoms with E-state index in [-0.39, 0.29) is 17.8 Å². The summed E-state index contributed by atoms with van der Waals surface area (Å²) in [5.74, 6) is -2.52. The molecule has 0 unspecified atom stereocenters. The van der Waals surface area contributed by atoms with E-state index in [0.29, 0.717) is 19.4 Å². The Morgan fingerprint density at radius 2 is 2.00 bits per heavy atom. The second-order valence-electron chi connectivity index (χ2n) is 5.75. The van der Waals surface area contributed by atoms with Gasteiger partial charge in [-0.3, -0.25) is 14.9 Å². The molecule has 0 bridgehead atoms. The van der Waals surface area contributed by atoms with Crippen molar-refractivity contribution >= 4 is 17.8 Å². The summed E-state index contributed by atoms with van der Waals surface area (Å²) in [5, 5.41) is 5.58. The molecule has 10 heteroatoms. The van der Waals surface area contributed by atoms with Gasteiger partial charge in [-0.2, -0.15) is 18.2 Å². The van der Waals surface area contributed by atoms with Gasteiger partial charge >= 0.3 is 6.18 Å². The van der Waals surface area contributed by atoms with Crippen LogP contribution >= 0.6 is 0 Å². The maximum atomic E-state index is 12.6. The quantitative estimate of drug-likeness (QED) is 0.904.